The van der Waals surface area contributed by atoms with E-state index in [0.29, 0.717) is 24.3 Å². The molecule has 1 aliphatic heterocycles. The molecule has 6 heteroatoms. The van der Waals surface area contributed by atoms with E-state index in [1.54, 1.807) is 13.2 Å². The minimum Gasteiger partial charge on any atom is -0.380 e. The predicted molar refractivity (Wildman–Crippen MR) is 77.4 cm³/mol. The van der Waals surface area contributed by atoms with Crippen LogP contribution in [0.15, 0.2) is 30.3 Å². The van der Waals surface area contributed by atoms with Gasteiger partial charge in [-0.1, -0.05) is 0 Å². The third-order valence-corrected chi connectivity index (χ3v) is 3.86. The Morgan fingerprint density at radius 2 is 2.19 bits per heavy atom. The van der Waals surface area contributed by atoms with Gasteiger partial charge in [-0.2, -0.15) is 0 Å². The zero-order valence-electron chi connectivity index (χ0n) is 11.6. The molecule has 110 valence electrons. The van der Waals surface area contributed by atoms with Crippen LogP contribution in [-0.4, -0.2) is 36.7 Å². The van der Waals surface area contributed by atoms with Crippen molar-refractivity contribution < 1.29 is 13.9 Å². The predicted octanol–water partition coefficient (Wildman–Crippen LogP) is 1.45. The molecule has 2 N–H and O–H groups in total. The standard InChI is InChI=1S/C15H16FN3O2/c1-21-11-7-13(15(17)20)19(8-11)14-5-3-9-2-4-10(16)6-12(9)18-14/h2-6,11,13H,7-8H2,1H3,(H2,17,20)/t11-,13-/m0/s1. The molecule has 0 radical (unpaired) electrons. The summed E-state index contributed by atoms with van der Waals surface area (Å²) < 4.78 is 18.6. The van der Waals surface area contributed by atoms with Gasteiger partial charge in [-0.3, -0.25) is 4.79 Å². The quantitative estimate of drug-likeness (QED) is 0.928. The zero-order valence-corrected chi connectivity index (χ0v) is 11.6. The highest BCUT2D eigenvalue weighted by Crippen LogP contribution is 2.27. The summed E-state index contributed by atoms with van der Waals surface area (Å²) in [5.41, 5.74) is 6.01. The molecule has 2 heterocycles. The topological polar surface area (TPSA) is 68.5 Å². The normalized spacial score (nSPS) is 21.9. The number of amides is 1. The van der Waals surface area contributed by atoms with Crippen LogP contribution in [0, 0.1) is 5.82 Å². The van der Waals surface area contributed by atoms with E-state index in [9.17, 15) is 9.18 Å². The molecular weight excluding hydrogens is 273 g/mol. The number of hydrogen-bond acceptors (Lipinski definition) is 4. The van der Waals surface area contributed by atoms with Gasteiger partial charge < -0.3 is 15.4 Å². The van der Waals surface area contributed by atoms with Crippen molar-refractivity contribution >= 4 is 22.6 Å². The summed E-state index contributed by atoms with van der Waals surface area (Å²) in [6.07, 6.45) is 0.474. The molecule has 1 aromatic heterocycles. The second-order valence-electron chi connectivity index (χ2n) is 5.17. The monoisotopic (exact) mass is 289 g/mol. The van der Waals surface area contributed by atoms with Gasteiger partial charge in [0, 0.05) is 31.5 Å². The first-order valence-electron chi connectivity index (χ1n) is 6.73. The van der Waals surface area contributed by atoms with E-state index in [2.05, 4.69) is 4.98 Å². The maximum Gasteiger partial charge on any atom is 0.240 e. The summed E-state index contributed by atoms with van der Waals surface area (Å²) in [4.78, 5) is 17.9. The number of methoxy groups -OCH3 is 1. The second-order valence-corrected chi connectivity index (χ2v) is 5.17. The van der Waals surface area contributed by atoms with Gasteiger partial charge in [0.05, 0.1) is 11.6 Å². The fourth-order valence-electron chi connectivity index (χ4n) is 2.73. The van der Waals surface area contributed by atoms with Crippen molar-refractivity contribution in [3.8, 4) is 0 Å². The van der Waals surface area contributed by atoms with Crippen LogP contribution in [0.25, 0.3) is 10.9 Å². The van der Waals surface area contributed by atoms with E-state index in [1.165, 1.54) is 12.1 Å². The number of hydrogen-bond donors (Lipinski definition) is 1. The summed E-state index contributed by atoms with van der Waals surface area (Å²) in [7, 11) is 1.61. The van der Waals surface area contributed by atoms with Crippen molar-refractivity contribution in [1.29, 1.82) is 0 Å². The molecule has 0 saturated carbocycles. The van der Waals surface area contributed by atoms with Gasteiger partial charge in [0.15, 0.2) is 0 Å². The van der Waals surface area contributed by atoms with Gasteiger partial charge in [0.1, 0.15) is 17.7 Å². The van der Waals surface area contributed by atoms with E-state index >= 15 is 0 Å². The lowest BCUT2D eigenvalue weighted by molar-refractivity contribution is -0.119. The molecule has 5 nitrogen and oxygen atoms in total. The lowest BCUT2D eigenvalue weighted by Gasteiger charge is -2.23. The van der Waals surface area contributed by atoms with E-state index in [0.717, 1.165) is 5.39 Å². The first-order chi connectivity index (χ1) is 10.1. The van der Waals surface area contributed by atoms with Crippen LogP contribution in [-0.2, 0) is 9.53 Å². The molecule has 2 atom stereocenters. The van der Waals surface area contributed by atoms with Crippen molar-refractivity contribution in [2.45, 2.75) is 18.6 Å². The maximum atomic E-state index is 13.3. The minimum atomic E-state index is -0.451. The molecule has 0 unspecified atom stereocenters. The molecule has 0 bridgehead atoms. The number of nitrogens with zero attached hydrogens (tertiary/aromatic N) is 2. The van der Waals surface area contributed by atoms with Gasteiger partial charge >= 0.3 is 0 Å². The number of benzene rings is 1. The SMILES string of the molecule is CO[C@H]1C[C@@H](C(N)=O)N(c2ccc3ccc(F)cc3n2)C1. The van der Waals surface area contributed by atoms with Crippen LogP contribution in [0.4, 0.5) is 10.2 Å². The number of ether oxygens (including phenoxy) is 1. The Bertz CT molecular complexity index is 692. The Balaban J connectivity index is 2.00. The number of rotatable bonds is 3. The Labute approximate surface area is 121 Å². The van der Waals surface area contributed by atoms with E-state index in [1.807, 2.05) is 17.0 Å². The Kier molecular flexibility index (Phi) is 3.47. The van der Waals surface area contributed by atoms with Crippen LogP contribution in [0.3, 0.4) is 0 Å². The van der Waals surface area contributed by atoms with Gasteiger partial charge in [-0.05, 0) is 24.3 Å². The van der Waals surface area contributed by atoms with Crippen molar-refractivity contribution in [2.24, 2.45) is 5.73 Å². The lowest BCUT2D eigenvalue weighted by Crippen LogP contribution is -2.40. The van der Waals surface area contributed by atoms with Gasteiger partial charge in [-0.25, -0.2) is 9.37 Å². The van der Waals surface area contributed by atoms with E-state index < -0.39 is 11.9 Å². The molecule has 2 aromatic rings. The molecule has 0 spiro atoms. The number of primary amides is 1. The summed E-state index contributed by atoms with van der Waals surface area (Å²) in [5.74, 6) is -0.137. The molecule has 1 aromatic carbocycles. The van der Waals surface area contributed by atoms with Crippen LogP contribution in [0.2, 0.25) is 0 Å². The zero-order chi connectivity index (χ0) is 15.0. The van der Waals surface area contributed by atoms with Crippen LogP contribution >= 0.6 is 0 Å². The average molecular weight is 289 g/mol. The van der Waals surface area contributed by atoms with Gasteiger partial charge in [0.2, 0.25) is 5.91 Å². The first-order valence-corrected chi connectivity index (χ1v) is 6.73. The minimum absolute atomic E-state index is 0.0625. The van der Waals surface area contributed by atoms with Crippen molar-refractivity contribution in [2.75, 3.05) is 18.6 Å². The number of anilines is 1. The summed E-state index contributed by atoms with van der Waals surface area (Å²) in [5, 5.41) is 0.846. The molecule has 21 heavy (non-hydrogen) atoms. The number of halogens is 1. The van der Waals surface area contributed by atoms with Crippen molar-refractivity contribution in [3.05, 3.63) is 36.1 Å². The van der Waals surface area contributed by atoms with Crippen LogP contribution in [0.1, 0.15) is 6.42 Å². The van der Waals surface area contributed by atoms with Crippen molar-refractivity contribution in [3.63, 3.8) is 0 Å². The van der Waals surface area contributed by atoms with Gasteiger partial charge in [-0.15, -0.1) is 0 Å². The third kappa shape index (κ3) is 2.54. The highest BCUT2D eigenvalue weighted by Gasteiger charge is 2.36. The maximum absolute atomic E-state index is 13.3. The van der Waals surface area contributed by atoms with Crippen molar-refractivity contribution in [1.82, 2.24) is 4.98 Å². The average Bonchev–Trinajstić information content (AvgIpc) is 2.91. The summed E-state index contributed by atoms with van der Waals surface area (Å²) in [6, 6.07) is 7.67. The number of fused-ring (bicyclic) bond motifs is 1. The fourth-order valence-corrected chi connectivity index (χ4v) is 2.73. The van der Waals surface area contributed by atoms with E-state index in [-0.39, 0.29) is 11.9 Å². The summed E-state index contributed by atoms with van der Waals surface area (Å²) >= 11 is 0. The smallest absolute Gasteiger partial charge is 0.240 e. The second kappa shape index (κ2) is 5.29. The van der Waals surface area contributed by atoms with E-state index in [4.69, 9.17) is 10.5 Å². The van der Waals surface area contributed by atoms with Crippen LogP contribution < -0.4 is 10.6 Å². The first kappa shape index (κ1) is 13.8. The Hall–Kier alpha value is -2.21. The Morgan fingerprint density at radius 3 is 2.90 bits per heavy atom. The number of carbonyl (C=O) groups is 1. The highest BCUT2D eigenvalue weighted by atomic mass is 19.1. The van der Waals surface area contributed by atoms with Gasteiger partial charge in [0.25, 0.3) is 0 Å². The van der Waals surface area contributed by atoms with Crippen LogP contribution in [0.5, 0.6) is 0 Å². The lowest BCUT2D eigenvalue weighted by atomic mass is 10.2. The molecule has 1 fully saturated rings. The highest BCUT2D eigenvalue weighted by molar-refractivity contribution is 5.85. The molecule has 1 saturated heterocycles. The number of aromatic nitrogens is 1. The molecule has 3 rings (SSSR count). The Morgan fingerprint density at radius 1 is 1.43 bits per heavy atom. The summed E-state index contributed by atoms with van der Waals surface area (Å²) in [6.45, 7) is 0.540. The number of pyridine rings is 1. The third-order valence-electron chi connectivity index (χ3n) is 3.86. The molecule has 1 aliphatic rings. The molecule has 1 amide bonds. The number of carbonyl (C=O) groups excluding carboxylic acids is 1. The fraction of sp³-hybridized carbons (Fsp3) is 0.333. The molecule has 0 aliphatic carbocycles. The number of nitrogens with two attached hydrogens (primary N) is 1. The molecular formula is C15H16FN3O2. The largest absolute Gasteiger partial charge is 0.380 e.